The largest absolute Gasteiger partial charge is 0.507 e. The third-order valence-corrected chi connectivity index (χ3v) is 24.3. The number of amides is 1. The van der Waals surface area contributed by atoms with E-state index in [0.717, 1.165) is 18.7 Å². The lowest BCUT2D eigenvalue weighted by molar-refractivity contribution is -0.203. The maximum absolute atomic E-state index is 14.5. The number of hydrogen-bond donors (Lipinski definition) is 7. The molecule has 4 saturated carbocycles. The summed E-state index contributed by atoms with van der Waals surface area (Å²) >= 11 is 7.48. The number of aromatic hydroxyl groups is 3. The molecule has 17 atom stereocenters. The number of aliphatic hydroxyl groups excluding tert-OH is 3. The number of Topliss-reactive ketones (excluding diaryl/α,β-unsaturated/α-hetero) is 2. The first-order valence-electron chi connectivity index (χ1n) is 34.9. The van der Waals surface area contributed by atoms with Gasteiger partial charge in [-0.2, -0.15) is 5.10 Å². The van der Waals surface area contributed by atoms with Crippen molar-refractivity contribution in [2.24, 2.45) is 57.4 Å². The average Bonchev–Trinajstić information content (AvgIpc) is 1.61. The van der Waals surface area contributed by atoms with E-state index in [4.69, 9.17) is 40.0 Å². The number of hydrazone groups is 1. The summed E-state index contributed by atoms with van der Waals surface area (Å²) < 4.78 is 35.0. The fraction of sp³-hybridized carbons (Fsp3) is 0.627. The molecule has 0 radical (unpaired) electrons. The van der Waals surface area contributed by atoms with E-state index in [9.17, 15) is 64.2 Å². The normalized spacial score (nSPS) is 36.3. The molecule has 7 N–H and O–H groups in total. The number of allylic oxidation sites excluding steroid dienone is 6. The van der Waals surface area contributed by atoms with Gasteiger partial charge in [-0.25, -0.2) is 0 Å². The zero-order valence-corrected chi connectivity index (χ0v) is 60.3. The van der Waals surface area contributed by atoms with Crippen LogP contribution < -0.4 is 10.1 Å². The fourth-order valence-corrected chi connectivity index (χ4v) is 18.0. The molecule has 11 rings (SSSR count). The van der Waals surface area contributed by atoms with Gasteiger partial charge in [0.2, 0.25) is 5.78 Å². The smallest absolute Gasteiger partial charge is 0.312 e. The Bertz CT molecular complexity index is 3680. The lowest BCUT2D eigenvalue weighted by Crippen LogP contribution is -2.69. The number of nitrogens with zero attached hydrogens (tertiary/aromatic N) is 3. The van der Waals surface area contributed by atoms with Gasteiger partial charge in [-0.3, -0.25) is 43.5 Å². The number of piperazine rings is 1. The van der Waals surface area contributed by atoms with Gasteiger partial charge < -0.3 is 64.4 Å². The van der Waals surface area contributed by atoms with Crippen LogP contribution in [0.25, 0.3) is 10.8 Å². The van der Waals surface area contributed by atoms with Crippen molar-refractivity contribution < 1.29 is 92.6 Å². The number of benzene rings is 2. The van der Waals surface area contributed by atoms with Crippen LogP contribution in [0.5, 0.6) is 23.0 Å². The molecule has 2 aromatic carbocycles. The number of hydrogen-bond acceptors (Lipinski definition) is 22. The number of ether oxygens (including phenoxy) is 6. The summed E-state index contributed by atoms with van der Waals surface area (Å²) in [5.74, 6) is -10.5. The Morgan fingerprint density at radius 3 is 2.14 bits per heavy atom. The first-order chi connectivity index (χ1) is 46.6. The SMILES string of the molecule is CCC(=O)OCC(=O)[C@@]1(OC(=O)CC)[C@@H](C)C[C@H]2[C@@H]3CCC4=CC(=O)C=C[C@]4(C)[C@@]3(Cl)[C@@H](O)C[C@@]21C.CO[C@H]1/C=C/O[C@@]2(C)Oc3c(C)c(O)c4c(O)c(c(/C=N/N5CCN(C6CCCC6)CC5)c(O)c4c3C2=O)NC(=O)/C(C)=C\C=C\[C@H](C)[C@H](O)[C@@H](C)[C@@H](O)[C@@H](C)[C@H](OC(C)=O)[C@@H]1C. The molecule has 2 aromatic rings. The van der Waals surface area contributed by atoms with Crippen molar-refractivity contribution in [3.63, 3.8) is 0 Å². The molecule has 0 spiro atoms. The highest BCUT2D eigenvalue weighted by atomic mass is 35.5. The number of aliphatic hydroxyl groups is 3. The number of methoxy groups -OCH3 is 1. The molecule has 1 saturated heterocycles. The van der Waals surface area contributed by atoms with Gasteiger partial charge in [0.25, 0.3) is 11.7 Å². The second-order valence-corrected chi connectivity index (χ2v) is 29.8. The molecule has 5 bridgehead atoms. The van der Waals surface area contributed by atoms with Crippen LogP contribution in [0.2, 0.25) is 0 Å². The van der Waals surface area contributed by atoms with Gasteiger partial charge in [0.1, 0.15) is 23.4 Å². The van der Waals surface area contributed by atoms with E-state index in [1.54, 1.807) is 59.8 Å². The summed E-state index contributed by atoms with van der Waals surface area (Å²) in [4.78, 5) is 92.7. The molecule has 99 heavy (non-hydrogen) atoms. The van der Waals surface area contributed by atoms with Gasteiger partial charge in [0.15, 0.2) is 23.7 Å². The summed E-state index contributed by atoms with van der Waals surface area (Å²) in [5, 5.41) is 79.3. The van der Waals surface area contributed by atoms with E-state index >= 15 is 0 Å². The highest BCUT2D eigenvalue weighted by Crippen LogP contribution is 2.72. The van der Waals surface area contributed by atoms with E-state index in [1.165, 1.54) is 91.2 Å². The maximum Gasteiger partial charge on any atom is 0.312 e. The van der Waals surface area contributed by atoms with Gasteiger partial charge in [-0.15, -0.1) is 11.6 Å². The fourth-order valence-electron chi connectivity index (χ4n) is 17.5. The van der Waals surface area contributed by atoms with Gasteiger partial charge in [0, 0.05) is 123 Å². The van der Waals surface area contributed by atoms with Crippen molar-refractivity contribution >= 4 is 75.4 Å². The summed E-state index contributed by atoms with van der Waals surface area (Å²) in [6, 6.07) is 0.553. The number of ketones is 3. The molecule has 4 aliphatic heterocycles. The van der Waals surface area contributed by atoms with Crippen molar-refractivity contribution in [2.45, 2.75) is 207 Å². The Morgan fingerprint density at radius 2 is 1.51 bits per heavy atom. The zero-order valence-electron chi connectivity index (χ0n) is 59.5. The highest BCUT2D eigenvalue weighted by Gasteiger charge is 2.76. The predicted molar refractivity (Wildman–Crippen MR) is 370 cm³/mol. The molecule has 5 fully saturated rings. The molecule has 542 valence electrons. The zero-order chi connectivity index (χ0) is 72.8. The molecule has 24 heteroatoms. The minimum absolute atomic E-state index is 0.0631. The number of carbonyl (C=O) groups is 7. The first kappa shape index (κ1) is 76.0. The van der Waals surface area contributed by atoms with Gasteiger partial charge in [-0.05, 0) is 82.4 Å². The monoisotopic (exact) mass is 1400 g/mol. The van der Waals surface area contributed by atoms with Gasteiger partial charge in [-0.1, -0.05) is 105 Å². The van der Waals surface area contributed by atoms with Crippen molar-refractivity contribution in [2.75, 3.05) is 45.2 Å². The van der Waals surface area contributed by atoms with Gasteiger partial charge >= 0.3 is 23.7 Å². The van der Waals surface area contributed by atoms with Crippen molar-refractivity contribution in [1.29, 1.82) is 0 Å². The molecule has 5 aliphatic carbocycles. The van der Waals surface area contributed by atoms with Crippen molar-refractivity contribution in [3.05, 3.63) is 76.6 Å². The number of anilines is 1. The van der Waals surface area contributed by atoms with Crippen LogP contribution in [0, 0.1) is 59.2 Å². The predicted octanol–water partition coefficient (Wildman–Crippen LogP) is 9.74. The lowest BCUT2D eigenvalue weighted by atomic mass is 9.45. The number of fused-ring (bicyclic) bond motifs is 19. The lowest BCUT2D eigenvalue weighted by Gasteiger charge is -2.64. The van der Waals surface area contributed by atoms with Crippen LogP contribution in [0.3, 0.4) is 0 Å². The topological polar surface area (TPSA) is 327 Å². The number of alkyl halides is 1. The van der Waals surface area contributed by atoms with E-state index in [2.05, 4.69) is 15.3 Å². The summed E-state index contributed by atoms with van der Waals surface area (Å²) in [7, 11) is 1.44. The molecule has 0 unspecified atom stereocenters. The third kappa shape index (κ3) is 13.7. The number of phenols is 3. The first-order valence-corrected chi connectivity index (χ1v) is 35.3. The number of phenolic OH excluding ortho intramolecular Hbond substituents is 3. The Balaban J connectivity index is 0.000000268. The van der Waals surface area contributed by atoms with E-state index in [1.807, 2.05) is 31.9 Å². The van der Waals surface area contributed by atoms with Crippen LogP contribution in [0.15, 0.2) is 65.0 Å². The second-order valence-electron chi connectivity index (χ2n) is 29.2. The Kier molecular flexibility index (Phi) is 22.9. The number of halogens is 1. The quantitative estimate of drug-likeness (QED) is 0.0275. The van der Waals surface area contributed by atoms with E-state index in [-0.39, 0.29) is 87.3 Å². The Labute approximate surface area is 584 Å². The van der Waals surface area contributed by atoms with Crippen LogP contribution in [-0.2, 0) is 52.5 Å². The summed E-state index contributed by atoms with van der Waals surface area (Å²) in [6.07, 6.45) is 15.9. The molecule has 1 amide bonds. The molecule has 23 nitrogen and oxygen atoms in total. The van der Waals surface area contributed by atoms with E-state index in [0.29, 0.717) is 38.4 Å². The molecular weight excluding hydrogens is 1300 g/mol. The Hall–Kier alpha value is -7.15. The molecule has 9 aliphatic rings. The average molecular weight is 1400 g/mol. The number of rotatable bonds is 11. The molecule has 0 aromatic heterocycles. The van der Waals surface area contributed by atoms with Crippen LogP contribution >= 0.6 is 11.6 Å². The van der Waals surface area contributed by atoms with Crippen molar-refractivity contribution in [1.82, 2.24) is 9.91 Å². The maximum atomic E-state index is 14.5. The molecule has 4 heterocycles. The molecular formula is C75H101ClN4O19. The van der Waals surface area contributed by atoms with Crippen LogP contribution in [0.1, 0.15) is 169 Å². The standard InChI is InChI=1S/C47H64N4O12.C28H37ClO7/c1-24-13-12-14-25(2)46(59)49-37-32(23-48-51-20-18-50(19-21-51)31-15-10-11-16-31)41(56)34-35(42(37)57)40(55)29(6)44-36(34)45(58)47(8,63-44)61-22-17-33(60-9)26(3)43(62-30(7)52)28(5)39(54)27(4)38(24)53;1-6-23(33)35-15-22(32)28(36-24(34)7-2)16(3)12-20-19-9-8-17-13-18(30)10-11-25(17,4)27(19,29)21(31)14-26(20,28)5/h12-14,17,22-24,26-28,31,33,38-39,43,53-57H,10-11,15-16,18-21H2,1-9H3,(H,49,59);10-11,13,16,19-21,31H,6-9,12,14-15H2,1-5H3/b13-12+,22-17+,25-14-,48-23+;/t24-,26+,27+,28+,33-,38-,39+,43+,47-;16-,19-,20-,21-,25-,26-,27-,28-/m00/s1. The third-order valence-electron chi connectivity index (χ3n) is 23.3. The summed E-state index contributed by atoms with van der Waals surface area (Å²) in [6.45, 7) is 24.0. The minimum atomic E-state index is -2.04. The van der Waals surface area contributed by atoms with Crippen LogP contribution in [0.4, 0.5) is 5.69 Å². The number of nitrogens with one attached hydrogen (secondary N) is 1. The number of esters is 3. The highest BCUT2D eigenvalue weighted by molar-refractivity contribution is 6.26. The summed E-state index contributed by atoms with van der Waals surface area (Å²) in [5.41, 5.74) is -2.56. The minimum Gasteiger partial charge on any atom is -0.507 e. The Morgan fingerprint density at radius 1 is 0.838 bits per heavy atom. The van der Waals surface area contributed by atoms with Crippen LogP contribution in [-0.4, -0.2) is 181 Å². The second kappa shape index (κ2) is 29.8. The van der Waals surface area contributed by atoms with E-state index < -0.39 is 141 Å². The number of carbonyl (C=O) groups excluding carboxylic acids is 7. The van der Waals surface area contributed by atoms with Gasteiger partial charge in [0.05, 0.1) is 64.0 Å². The van der Waals surface area contributed by atoms with Crippen molar-refractivity contribution in [3.8, 4) is 23.0 Å².